The molecule has 0 aliphatic carbocycles. The number of halogens is 1. The first-order valence-electron chi connectivity index (χ1n) is 7.33. The molecule has 6 nitrogen and oxygen atoms in total. The lowest BCUT2D eigenvalue weighted by Crippen LogP contribution is -2.28. The Kier molecular flexibility index (Phi) is 6.62. The van der Waals surface area contributed by atoms with Gasteiger partial charge in [-0.05, 0) is 48.5 Å². The summed E-state index contributed by atoms with van der Waals surface area (Å²) >= 11 is 3.33. The van der Waals surface area contributed by atoms with E-state index in [1.54, 1.807) is 19.2 Å². The highest BCUT2D eigenvalue weighted by Crippen LogP contribution is 2.14. The Morgan fingerprint density at radius 1 is 1.17 bits per heavy atom. The van der Waals surface area contributed by atoms with E-state index in [2.05, 4.69) is 31.6 Å². The fraction of sp³-hybridized carbons (Fsp3) is 0.176. The number of hydrogen-bond donors (Lipinski definition) is 3. The summed E-state index contributed by atoms with van der Waals surface area (Å²) in [6.45, 7) is 0.789. The van der Waals surface area contributed by atoms with Crippen LogP contribution in [0.5, 0.6) is 5.75 Å². The Balaban J connectivity index is 1.76. The largest absolute Gasteiger partial charge is 0.497 e. The molecule has 0 spiro atoms. The maximum Gasteiger partial charge on any atom is 0.251 e. The number of benzene rings is 2. The molecule has 24 heavy (non-hydrogen) atoms. The Morgan fingerprint density at radius 3 is 2.46 bits per heavy atom. The van der Waals surface area contributed by atoms with Crippen LogP contribution in [0.2, 0.25) is 0 Å². The zero-order valence-electron chi connectivity index (χ0n) is 13.3. The predicted octanol–water partition coefficient (Wildman–Crippen LogP) is 2.61. The summed E-state index contributed by atoms with van der Waals surface area (Å²) in [5.74, 6) is 0.921. The number of rotatable bonds is 6. The van der Waals surface area contributed by atoms with E-state index in [0.717, 1.165) is 15.9 Å². The second-order valence-electron chi connectivity index (χ2n) is 4.88. The van der Waals surface area contributed by atoms with Crippen molar-refractivity contribution >= 4 is 33.5 Å². The molecule has 0 aromatic heterocycles. The van der Waals surface area contributed by atoms with Gasteiger partial charge in [-0.25, -0.2) is 0 Å². The van der Waals surface area contributed by atoms with Gasteiger partial charge in [-0.15, -0.1) is 0 Å². The van der Waals surface area contributed by atoms with Crippen molar-refractivity contribution in [2.75, 3.05) is 25.5 Å². The van der Waals surface area contributed by atoms with E-state index < -0.39 is 0 Å². The molecule has 2 aromatic carbocycles. The molecular formula is C17H19BrN4O2. The molecule has 0 fully saturated rings. The Bertz CT molecular complexity index is 700. The normalized spacial score (nSPS) is 11.0. The number of aliphatic imine (C=N–C) groups is 1. The van der Waals surface area contributed by atoms with Crippen molar-refractivity contribution in [1.29, 1.82) is 0 Å². The Hall–Kier alpha value is -2.54. The average molecular weight is 391 g/mol. The minimum Gasteiger partial charge on any atom is -0.497 e. The Morgan fingerprint density at radius 2 is 1.83 bits per heavy atom. The van der Waals surface area contributed by atoms with Gasteiger partial charge in [-0.2, -0.15) is 0 Å². The molecule has 1 amide bonds. The molecule has 4 N–H and O–H groups in total. The molecule has 0 saturated heterocycles. The first-order chi connectivity index (χ1) is 11.6. The quantitative estimate of drug-likeness (QED) is 0.401. The number of guanidine groups is 1. The summed E-state index contributed by atoms with van der Waals surface area (Å²) in [6, 6.07) is 14.5. The number of amides is 1. The van der Waals surface area contributed by atoms with Gasteiger partial charge in [0.1, 0.15) is 5.75 Å². The molecule has 0 radical (unpaired) electrons. The molecular weight excluding hydrogens is 372 g/mol. The van der Waals surface area contributed by atoms with E-state index >= 15 is 0 Å². The van der Waals surface area contributed by atoms with Gasteiger partial charge in [-0.1, -0.05) is 15.9 Å². The van der Waals surface area contributed by atoms with Crippen molar-refractivity contribution in [2.45, 2.75) is 0 Å². The molecule has 0 atom stereocenters. The van der Waals surface area contributed by atoms with Crippen molar-refractivity contribution in [3.8, 4) is 5.75 Å². The maximum atomic E-state index is 11.9. The molecule has 0 saturated carbocycles. The molecule has 7 heteroatoms. The third kappa shape index (κ3) is 5.58. The zero-order chi connectivity index (χ0) is 17.4. The minimum atomic E-state index is -0.139. The van der Waals surface area contributed by atoms with E-state index in [1.807, 2.05) is 36.4 Å². The van der Waals surface area contributed by atoms with E-state index in [4.69, 9.17) is 10.5 Å². The summed E-state index contributed by atoms with van der Waals surface area (Å²) in [4.78, 5) is 16.1. The number of methoxy groups -OCH3 is 1. The minimum absolute atomic E-state index is 0.139. The molecule has 2 aromatic rings. The van der Waals surface area contributed by atoms with E-state index in [9.17, 15) is 4.79 Å². The number of carbonyl (C=O) groups is 1. The molecule has 0 unspecified atom stereocenters. The van der Waals surface area contributed by atoms with Gasteiger partial charge >= 0.3 is 0 Å². The van der Waals surface area contributed by atoms with E-state index in [0.29, 0.717) is 18.7 Å². The highest BCUT2D eigenvalue weighted by atomic mass is 79.9. The average Bonchev–Trinajstić information content (AvgIpc) is 2.60. The van der Waals surface area contributed by atoms with Crippen LogP contribution in [0.25, 0.3) is 0 Å². The van der Waals surface area contributed by atoms with Gasteiger partial charge in [-0.3, -0.25) is 9.79 Å². The van der Waals surface area contributed by atoms with Gasteiger partial charge in [0, 0.05) is 22.3 Å². The van der Waals surface area contributed by atoms with Crippen LogP contribution in [0.1, 0.15) is 10.4 Å². The third-order valence-electron chi connectivity index (χ3n) is 3.15. The van der Waals surface area contributed by atoms with Gasteiger partial charge in [0.15, 0.2) is 5.96 Å². The summed E-state index contributed by atoms with van der Waals surface area (Å²) in [7, 11) is 1.61. The van der Waals surface area contributed by atoms with Crippen molar-refractivity contribution in [1.82, 2.24) is 5.32 Å². The lowest BCUT2D eigenvalue weighted by Gasteiger charge is -2.07. The van der Waals surface area contributed by atoms with Crippen LogP contribution in [0.3, 0.4) is 0 Å². The number of nitrogens with two attached hydrogens (primary N) is 1. The number of nitrogens with one attached hydrogen (secondary N) is 2. The van der Waals surface area contributed by atoms with Crippen LogP contribution in [-0.4, -0.2) is 32.1 Å². The first-order valence-corrected chi connectivity index (χ1v) is 8.12. The first kappa shape index (κ1) is 17.8. The van der Waals surface area contributed by atoms with E-state index in [-0.39, 0.29) is 11.9 Å². The van der Waals surface area contributed by atoms with Crippen LogP contribution in [-0.2, 0) is 0 Å². The lowest BCUT2D eigenvalue weighted by atomic mass is 10.2. The zero-order valence-corrected chi connectivity index (χ0v) is 14.8. The summed E-state index contributed by atoms with van der Waals surface area (Å²) < 4.78 is 6.02. The highest BCUT2D eigenvalue weighted by Gasteiger charge is 2.03. The van der Waals surface area contributed by atoms with Crippen molar-refractivity contribution in [3.63, 3.8) is 0 Å². The molecule has 126 valence electrons. The van der Waals surface area contributed by atoms with Crippen LogP contribution in [0.15, 0.2) is 58.0 Å². The number of carbonyl (C=O) groups excluding carboxylic acids is 1. The molecule has 0 aliphatic heterocycles. The molecule has 0 aliphatic rings. The predicted molar refractivity (Wildman–Crippen MR) is 99.6 cm³/mol. The van der Waals surface area contributed by atoms with Crippen molar-refractivity contribution < 1.29 is 9.53 Å². The van der Waals surface area contributed by atoms with Crippen LogP contribution in [0, 0.1) is 0 Å². The van der Waals surface area contributed by atoms with Gasteiger partial charge in [0.25, 0.3) is 5.91 Å². The van der Waals surface area contributed by atoms with Gasteiger partial charge in [0.2, 0.25) is 0 Å². The molecule has 0 bridgehead atoms. The van der Waals surface area contributed by atoms with Crippen molar-refractivity contribution in [3.05, 3.63) is 58.6 Å². The topological polar surface area (TPSA) is 88.7 Å². The fourth-order valence-corrected chi connectivity index (χ4v) is 2.18. The monoisotopic (exact) mass is 390 g/mol. The highest BCUT2D eigenvalue weighted by molar-refractivity contribution is 9.10. The van der Waals surface area contributed by atoms with Gasteiger partial charge in [0.05, 0.1) is 13.7 Å². The number of anilines is 1. The fourth-order valence-electron chi connectivity index (χ4n) is 1.91. The van der Waals surface area contributed by atoms with Crippen LogP contribution >= 0.6 is 15.9 Å². The summed E-state index contributed by atoms with van der Waals surface area (Å²) in [5, 5.41) is 5.77. The van der Waals surface area contributed by atoms with E-state index in [1.165, 1.54) is 0 Å². The summed E-state index contributed by atoms with van der Waals surface area (Å²) in [5.41, 5.74) is 7.23. The third-order valence-corrected chi connectivity index (χ3v) is 3.68. The second-order valence-corrected chi connectivity index (χ2v) is 5.80. The SMILES string of the molecule is COc1ccc(NC(N)=NCCNC(=O)c2ccc(Br)cc2)cc1. The lowest BCUT2D eigenvalue weighted by molar-refractivity contribution is 0.0955. The number of nitrogens with zero attached hydrogens (tertiary/aromatic N) is 1. The maximum absolute atomic E-state index is 11.9. The smallest absolute Gasteiger partial charge is 0.251 e. The second kappa shape index (κ2) is 8.93. The van der Waals surface area contributed by atoms with Crippen LogP contribution < -0.4 is 21.1 Å². The molecule has 2 rings (SSSR count). The van der Waals surface area contributed by atoms with Crippen LogP contribution in [0.4, 0.5) is 5.69 Å². The Labute approximate surface area is 149 Å². The standard InChI is InChI=1S/C17H19BrN4O2/c1-24-15-8-6-14(7-9-15)22-17(19)21-11-10-20-16(23)12-2-4-13(18)5-3-12/h2-9H,10-11H2,1H3,(H,20,23)(H3,19,21,22). The van der Waals surface area contributed by atoms with Crippen molar-refractivity contribution in [2.24, 2.45) is 10.7 Å². The van der Waals surface area contributed by atoms with Gasteiger partial charge < -0.3 is 21.1 Å². The summed E-state index contributed by atoms with van der Waals surface area (Å²) in [6.07, 6.45) is 0. The molecule has 0 heterocycles. The number of hydrogen-bond acceptors (Lipinski definition) is 3. The number of ether oxygens (including phenoxy) is 1.